The van der Waals surface area contributed by atoms with Crippen LogP contribution in [0.25, 0.3) is 5.76 Å². The third-order valence-electron chi connectivity index (χ3n) is 5.14. The summed E-state index contributed by atoms with van der Waals surface area (Å²) in [5.41, 5.74) is 1.90. The summed E-state index contributed by atoms with van der Waals surface area (Å²) in [7, 11) is 0. The van der Waals surface area contributed by atoms with E-state index in [9.17, 15) is 19.1 Å². The lowest BCUT2D eigenvalue weighted by molar-refractivity contribution is -0.139. The Morgan fingerprint density at radius 2 is 1.73 bits per heavy atom. The Morgan fingerprint density at radius 3 is 2.40 bits per heavy atom. The molecule has 5 nitrogen and oxygen atoms in total. The molecule has 1 aliphatic rings. The molecule has 1 N–H and O–H groups in total. The minimum Gasteiger partial charge on any atom is -0.507 e. The molecule has 0 aliphatic carbocycles. The van der Waals surface area contributed by atoms with Gasteiger partial charge in [-0.15, -0.1) is 0 Å². The van der Waals surface area contributed by atoms with Gasteiger partial charge in [0.2, 0.25) is 0 Å². The van der Waals surface area contributed by atoms with Crippen molar-refractivity contribution < 1.29 is 19.1 Å². The number of hydrogen-bond donors (Lipinski definition) is 1. The van der Waals surface area contributed by atoms with Gasteiger partial charge < -0.3 is 10.0 Å². The Hall–Kier alpha value is -3.80. The Balaban J connectivity index is 1.76. The second-order valence-electron chi connectivity index (χ2n) is 7.02. The molecule has 30 heavy (non-hydrogen) atoms. The summed E-state index contributed by atoms with van der Waals surface area (Å²) >= 11 is 0. The Labute approximate surface area is 173 Å². The van der Waals surface area contributed by atoms with Gasteiger partial charge in [-0.25, -0.2) is 4.39 Å². The van der Waals surface area contributed by atoms with Crippen molar-refractivity contribution in [2.75, 3.05) is 6.54 Å². The van der Waals surface area contributed by atoms with E-state index in [4.69, 9.17) is 0 Å². The lowest BCUT2D eigenvalue weighted by Gasteiger charge is -2.25. The van der Waals surface area contributed by atoms with Gasteiger partial charge in [-0.3, -0.25) is 14.6 Å². The van der Waals surface area contributed by atoms with Gasteiger partial charge in [0.1, 0.15) is 11.6 Å². The molecule has 1 amide bonds. The molecular weight excluding hydrogens is 383 g/mol. The molecule has 3 aromatic rings. The summed E-state index contributed by atoms with van der Waals surface area (Å²) in [5.74, 6) is -2.23. The van der Waals surface area contributed by atoms with Gasteiger partial charge >= 0.3 is 0 Å². The summed E-state index contributed by atoms with van der Waals surface area (Å²) in [5, 5.41) is 10.9. The summed E-state index contributed by atoms with van der Waals surface area (Å²) in [6.07, 6.45) is 3.73. The van der Waals surface area contributed by atoms with Gasteiger partial charge in [0.15, 0.2) is 0 Å². The largest absolute Gasteiger partial charge is 0.507 e. The monoisotopic (exact) mass is 402 g/mol. The van der Waals surface area contributed by atoms with Crippen molar-refractivity contribution in [1.29, 1.82) is 0 Å². The van der Waals surface area contributed by atoms with Crippen LogP contribution in [0.3, 0.4) is 0 Å². The SMILES string of the molecule is O=C1C(=O)N(CCc2ccccc2)C(c2cccnc2)C1=C(O)c1ccc(F)cc1. The van der Waals surface area contributed by atoms with Crippen molar-refractivity contribution in [2.45, 2.75) is 12.5 Å². The summed E-state index contributed by atoms with van der Waals surface area (Å²) < 4.78 is 13.3. The molecule has 2 aromatic carbocycles. The average Bonchev–Trinajstić information content (AvgIpc) is 3.04. The number of carbonyl (C=O) groups excluding carboxylic acids is 2. The molecule has 2 heterocycles. The number of likely N-dealkylation sites (tertiary alicyclic amines) is 1. The van der Waals surface area contributed by atoms with Crippen LogP contribution in [0.1, 0.15) is 22.7 Å². The van der Waals surface area contributed by atoms with Crippen LogP contribution in [-0.2, 0) is 16.0 Å². The summed E-state index contributed by atoms with van der Waals surface area (Å²) in [6.45, 7) is 0.300. The molecule has 6 heteroatoms. The van der Waals surface area contributed by atoms with E-state index in [2.05, 4.69) is 4.98 Å². The zero-order chi connectivity index (χ0) is 21.1. The number of hydrogen-bond acceptors (Lipinski definition) is 4. The topological polar surface area (TPSA) is 70.5 Å². The van der Waals surface area contributed by atoms with E-state index in [0.717, 1.165) is 5.56 Å². The van der Waals surface area contributed by atoms with Crippen LogP contribution in [0.15, 0.2) is 84.7 Å². The maximum Gasteiger partial charge on any atom is 0.295 e. The first-order valence-electron chi connectivity index (χ1n) is 9.54. The van der Waals surface area contributed by atoms with Crippen LogP contribution in [0.4, 0.5) is 4.39 Å². The van der Waals surface area contributed by atoms with Crippen LogP contribution in [0.2, 0.25) is 0 Å². The fourth-order valence-electron chi connectivity index (χ4n) is 3.65. The number of rotatable bonds is 5. The first-order valence-corrected chi connectivity index (χ1v) is 9.54. The number of aromatic nitrogens is 1. The third kappa shape index (κ3) is 3.72. The number of aliphatic hydroxyl groups excluding tert-OH is 1. The van der Waals surface area contributed by atoms with Crippen molar-refractivity contribution in [3.63, 3.8) is 0 Å². The lowest BCUT2D eigenvalue weighted by Crippen LogP contribution is -2.31. The third-order valence-corrected chi connectivity index (χ3v) is 5.14. The van der Waals surface area contributed by atoms with E-state index in [1.165, 1.54) is 29.2 Å². The van der Waals surface area contributed by atoms with Crippen molar-refractivity contribution >= 4 is 17.4 Å². The van der Waals surface area contributed by atoms with E-state index in [0.29, 0.717) is 18.5 Å². The van der Waals surface area contributed by atoms with Crippen LogP contribution in [-0.4, -0.2) is 33.2 Å². The minimum absolute atomic E-state index is 0.0207. The first kappa shape index (κ1) is 19.5. The van der Waals surface area contributed by atoms with E-state index in [-0.39, 0.29) is 16.9 Å². The predicted octanol–water partition coefficient (Wildman–Crippen LogP) is 3.89. The van der Waals surface area contributed by atoms with Crippen molar-refractivity contribution in [1.82, 2.24) is 9.88 Å². The predicted molar refractivity (Wildman–Crippen MR) is 110 cm³/mol. The number of halogens is 1. The highest BCUT2D eigenvalue weighted by atomic mass is 19.1. The maximum atomic E-state index is 13.3. The highest BCUT2D eigenvalue weighted by Crippen LogP contribution is 2.39. The fourth-order valence-corrected chi connectivity index (χ4v) is 3.65. The Morgan fingerprint density at radius 1 is 1.00 bits per heavy atom. The molecule has 150 valence electrons. The molecule has 0 radical (unpaired) electrons. The molecular formula is C24H19FN2O3. The molecule has 0 spiro atoms. The number of ketones is 1. The molecule has 1 atom stereocenters. The smallest absolute Gasteiger partial charge is 0.295 e. The zero-order valence-electron chi connectivity index (χ0n) is 16.0. The molecule has 0 saturated carbocycles. The summed E-state index contributed by atoms with van der Waals surface area (Å²) in [4.78, 5) is 31.3. The maximum absolute atomic E-state index is 13.3. The lowest BCUT2D eigenvalue weighted by atomic mass is 9.96. The number of amides is 1. The van der Waals surface area contributed by atoms with Crippen LogP contribution < -0.4 is 0 Å². The molecule has 1 aliphatic heterocycles. The molecule has 1 aromatic heterocycles. The quantitative estimate of drug-likeness (QED) is 0.399. The second kappa shape index (κ2) is 8.29. The van der Waals surface area contributed by atoms with Gasteiger partial charge in [-0.05, 0) is 47.9 Å². The number of carbonyl (C=O) groups is 2. The first-order chi connectivity index (χ1) is 14.6. The van der Waals surface area contributed by atoms with Crippen molar-refractivity contribution in [3.05, 3.63) is 107 Å². The highest BCUT2D eigenvalue weighted by molar-refractivity contribution is 6.46. The van der Waals surface area contributed by atoms with Crippen molar-refractivity contribution in [2.24, 2.45) is 0 Å². The standard InChI is InChI=1S/C24H19FN2O3/c25-19-10-8-17(9-11-19)22(28)20-21(18-7-4-13-26-15-18)27(24(30)23(20)29)14-12-16-5-2-1-3-6-16/h1-11,13,15,21,28H,12,14H2. The highest BCUT2D eigenvalue weighted by Gasteiger charge is 2.45. The van der Waals surface area contributed by atoms with Gasteiger partial charge in [-0.2, -0.15) is 0 Å². The number of aliphatic hydroxyl groups is 1. The van der Waals surface area contributed by atoms with Gasteiger partial charge in [-0.1, -0.05) is 36.4 Å². The van der Waals surface area contributed by atoms with Gasteiger partial charge in [0.25, 0.3) is 11.7 Å². The average molecular weight is 402 g/mol. The molecule has 0 bridgehead atoms. The normalized spacial score (nSPS) is 18.0. The van der Waals surface area contributed by atoms with Gasteiger partial charge in [0, 0.05) is 24.5 Å². The molecule has 4 rings (SSSR count). The Bertz CT molecular complexity index is 1100. The van der Waals surface area contributed by atoms with E-state index >= 15 is 0 Å². The molecule has 1 fully saturated rings. The number of Topliss-reactive ketones (excluding diaryl/α,β-unsaturated/α-hetero) is 1. The van der Waals surface area contributed by atoms with Crippen molar-refractivity contribution in [3.8, 4) is 0 Å². The number of nitrogens with zero attached hydrogens (tertiary/aromatic N) is 2. The van der Waals surface area contributed by atoms with E-state index in [1.54, 1.807) is 24.5 Å². The van der Waals surface area contributed by atoms with Crippen LogP contribution in [0, 0.1) is 5.82 Å². The summed E-state index contributed by atoms with van der Waals surface area (Å²) in [6, 6.07) is 17.5. The Kier molecular flexibility index (Phi) is 5.39. The second-order valence-corrected chi connectivity index (χ2v) is 7.02. The fraction of sp³-hybridized carbons (Fsp3) is 0.125. The number of benzene rings is 2. The number of pyridine rings is 1. The molecule has 1 unspecified atom stereocenters. The zero-order valence-corrected chi connectivity index (χ0v) is 16.0. The van der Waals surface area contributed by atoms with Crippen LogP contribution in [0.5, 0.6) is 0 Å². The van der Waals surface area contributed by atoms with Gasteiger partial charge in [0.05, 0.1) is 11.6 Å². The van der Waals surface area contributed by atoms with E-state index in [1.807, 2.05) is 30.3 Å². The minimum atomic E-state index is -0.771. The molecule has 1 saturated heterocycles. The van der Waals surface area contributed by atoms with E-state index < -0.39 is 23.5 Å². The van der Waals surface area contributed by atoms with Crippen LogP contribution >= 0.6 is 0 Å².